The molecule has 2 aliphatic rings. The van der Waals surface area contributed by atoms with Gasteiger partial charge in [0.2, 0.25) is 0 Å². The predicted octanol–water partition coefficient (Wildman–Crippen LogP) is 4.74. The zero-order valence-corrected chi connectivity index (χ0v) is 21.1. The number of anilines is 1. The van der Waals surface area contributed by atoms with Gasteiger partial charge in [0.25, 0.3) is 23.4 Å². The van der Waals surface area contributed by atoms with Crippen LogP contribution in [0.25, 0.3) is 0 Å². The Bertz CT molecular complexity index is 1490. The maximum Gasteiger partial charge on any atom is 0.270 e. The number of methoxy groups -OCH3 is 1. The summed E-state index contributed by atoms with van der Waals surface area (Å²) in [6.45, 7) is 3.84. The van der Waals surface area contributed by atoms with E-state index in [9.17, 15) is 24.5 Å². The van der Waals surface area contributed by atoms with Crippen molar-refractivity contribution in [3.8, 4) is 5.75 Å². The number of hydrogen-bond donors (Lipinski definition) is 0. The summed E-state index contributed by atoms with van der Waals surface area (Å²) in [5.74, 6) is -1.35. The summed E-state index contributed by atoms with van der Waals surface area (Å²) < 4.78 is 6.30. The summed E-state index contributed by atoms with van der Waals surface area (Å²) >= 11 is 3.46. The lowest BCUT2D eigenvalue weighted by atomic mass is 9.85. The highest BCUT2D eigenvalue weighted by Gasteiger charge is 2.58. The molecule has 2 atom stereocenters. The molecule has 9 nitrogen and oxygen atoms in total. The molecule has 0 bridgehead atoms. The minimum Gasteiger partial charge on any atom is -0.496 e. The molecule has 0 radical (unpaired) electrons. The number of halogens is 1. The van der Waals surface area contributed by atoms with E-state index in [0.717, 1.165) is 26.6 Å². The number of non-ortho nitro benzene ring substituents is 1. The van der Waals surface area contributed by atoms with Gasteiger partial charge in [0.1, 0.15) is 11.8 Å². The zero-order chi connectivity index (χ0) is 25.9. The number of imide groups is 1. The van der Waals surface area contributed by atoms with Crippen LogP contribution in [0.5, 0.6) is 5.75 Å². The molecule has 3 aromatic carbocycles. The fourth-order valence-corrected chi connectivity index (χ4v) is 5.31. The number of benzene rings is 3. The standard InChI is InChI=1S/C26H20BrN3O6/c1-13-4-8-20(14(2)10-13)28-22(19-11-15(27)5-9-21(19)36-3)23(26(28)33)29-24(31)17-7-6-16(30(34)35)12-18(17)25(29)32/h4-12,22-23H,1-3H3. The average Bonchev–Trinajstić information content (AvgIpc) is 3.08. The monoisotopic (exact) mass is 549 g/mol. The maximum atomic E-state index is 13.7. The van der Waals surface area contributed by atoms with Crippen LogP contribution >= 0.6 is 15.9 Å². The third-order valence-electron chi connectivity index (χ3n) is 6.58. The molecule has 2 heterocycles. The van der Waals surface area contributed by atoms with E-state index >= 15 is 0 Å². The number of nitrogens with zero attached hydrogens (tertiary/aromatic N) is 3. The van der Waals surface area contributed by atoms with Crippen LogP contribution in [0.3, 0.4) is 0 Å². The van der Waals surface area contributed by atoms with Crippen LogP contribution in [0, 0.1) is 24.0 Å². The van der Waals surface area contributed by atoms with Gasteiger partial charge in [0.15, 0.2) is 0 Å². The number of fused-ring (bicyclic) bond motifs is 1. The lowest BCUT2D eigenvalue weighted by Gasteiger charge is -2.50. The van der Waals surface area contributed by atoms with E-state index in [1.54, 1.807) is 23.1 Å². The van der Waals surface area contributed by atoms with Crippen LogP contribution in [-0.4, -0.2) is 40.7 Å². The largest absolute Gasteiger partial charge is 0.496 e. The second kappa shape index (κ2) is 8.56. The summed E-state index contributed by atoms with van der Waals surface area (Å²) in [6.07, 6.45) is 0. The Hall–Kier alpha value is -4.05. The summed E-state index contributed by atoms with van der Waals surface area (Å²) in [5, 5.41) is 11.2. The van der Waals surface area contributed by atoms with E-state index in [-0.39, 0.29) is 16.8 Å². The minimum atomic E-state index is -1.15. The van der Waals surface area contributed by atoms with Crippen LogP contribution in [0.2, 0.25) is 0 Å². The van der Waals surface area contributed by atoms with Crippen molar-refractivity contribution in [2.75, 3.05) is 12.0 Å². The van der Waals surface area contributed by atoms with E-state index in [0.29, 0.717) is 17.0 Å². The maximum absolute atomic E-state index is 13.7. The number of aryl methyl sites for hydroxylation is 2. The number of nitro groups is 1. The predicted molar refractivity (Wildman–Crippen MR) is 134 cm³/mol. The first kappa shape index (κ1) is 23.7. The van der Waals surface area contributed by atoms with Gasteiger partial charge in [-0.3, -0.25) is 34.3 Å². The molecule has 10 heteroatoms. The highest BCUT2D eigenvalue weighted by atomic mass is 79.9. The van der Waals surface area contributed by atoms with Crippen molar-refractivity contribution in [1.29, 1.82) is 0 Å². The van der Waals surface area contributed by atoms with Gasteiger partial charge in [-0.1, -0.05) is 33.6 Å². The number of amides is 3. The van der Waals surface area contributed by atoms with Gasteiger partial charge in [0, 0.05) is 27.9 Å². The number of carbonyl (C=O) groups excluding carboxylic acids is 3. The Morgan fingerprint density at radius 2 is 1.61 bits per heavy atom. The Labute approximate surface area is 214 Å². The molecule has 2 unspecified atom stereocenters. The highest BCUT2D eigenvalue weighted by Crippen LogP contribution is 2.48. The quantitative estimate of drug-likeness (QED) is 0.197. The van der Waals surface area contributed by atoms with Crippen molar-refractivity contribution in [1.82, 2.24) is 4.90 Å². The van der Waals surface area contributed by atoms with Crippen LogP contribution in [0.1, 0.15) is 43.4 Å². The normalized spacial score (nSPS) is 18.8. The van der Waals surface area contributed by atoms with Crippen LogP contribution in [0.4, 0.5) is 11.4 Å². The highest BCUT2D eigenvalue weighted by molar-refractivity contribution is 9.10. The van der Waals surface area contributed by atoms with E-state index in [4.69, 9.17) is 4.74 Å². The van der Waals surface area contributed by atoms with Gasteiger partial charge in [0.05, 0.1) is 29.2 Å². The topological polar surface area (TPSA) is 110 Å². The lowest BCUT2D eigenvalue weighted by Crippen LogP contribution is -2.67. The number of rotatable bonds is 5. The fraction of sp³-hybridized carbons (Fsp3) is 0.192. The van der Waals surface area contributed by atoms with Gasteiger partial charge < -0.3 is 4.74 Å². The van der Waals surface area contributed by atoms with Gasteiger partial charge in [-0.2, -0.15) is 0 Å². The Morgan fingerprint density at radius 3 is 2.28 bits per heavy atom. The fourth-order valence-electron chi connectivity index (χ4n) is 4.93. The lowest BCUT2D eigenvalue weighted by molar-refractivity contribution is -0.384. The van der Waals surface area contributed by atoms with E-state index in [1.807, 2.05) is 32.0 Å². The molecule has 36 heavy (non-hydrogen) atoms. The van der Waals surface area contributed by atoms with Crippen molar-refractivity contribution in [2.45, 2.75) is 25.9 Å². The van der Waals surface area contributed by atoms with Gasteiger partial charge >= 0.3 is 0 Å². The van der Waals surface area contributed by atoms with Crippen LogP contribution < -0.4 is 9.64 Å². The molecule has 0 spiro atoms. The van der Waals surface area contributed by atoms with Gasteiger partial charge in [-0.05, 0) is 49.7 Å². The summed E-state index contributed by atoms with van der Waals surface area (Å²) in [4.78, 5) is 53.5. The van der Waals surface area contributed by atoms with E-state index in [2.05, 4.69) is 15.9 Å². The number of carbonyl (C=O) groups is 3. The second-order valence-electron chi connectivity index (χ2n) is 8.74. The molecule has 0 saturated carbocycles. The van der Waals surface area contributed by atoms with E-state index in [1.165, 1.54) is 19.2 Å². The third kappa shape index (κ3) is 3.48. The second-order valence-corrected chi connectivity index (χ2v) is 9.66. The Morgan fingerprint density at radius 1 is 0.889 bits per heavy atom. The smallest absolute Gasteiger partial charge is 0.270 e. The minimum absolute atomic E-state index is 0.0309. The molecule has 182 valence electrons. The number of nitro benzene ring substituents is 1. The van der Waals surface area contributed by atoms with Gasteiger partial charge in [-0.15, -0.1) is 0 Å². The van der Waals surface area contributed by atoms with Crippen molar-refractivity contribution < 1.29 is 24.0 Å². The number of β-lactam (4-membered cyclic amide) rings is 1. The molecular formula is C26H20BrN3O6. The Balaban J connectivity index is 1.64. The molecule has 1 saturated heterocycles. The SMILES string of the molecule is COc1ccc(Br)cc1C1C(N2C(=O)c3ccc([N+](=O)[O-])cc3C2=O)C(=O)N1c1ccc(C)cc1C. The summed E-state index contributed by atoms with van der Waals surface area (Å²) in [5.41, 5.74) is 2.78. The molecule has 0 aliphatic carbocycles. The first-order valence-corrected chi connectivity index (χ1v) is 11.8. The number of ether oxygens (including phenoxy) is 1. The molecule has 3 aromatic rings. The van der Waals surface area contributed by atoms with Crippen molar-refractivity contribution in [3.05, 3.63) is 97.0 Å². The third-order valence-corrected chi connectivity index (χ3v) is 7.07. The number of hydrogen-bond acceptors (Lipinski definition) is 6. The van der Waals surface area contributed by atoms with Crippen LogP contribution in [-0.2, 0) is 4.79 Å². The zero-order valence-electron chi connectivity index (χ0n) is 19.5. The first-order chi connectivity index (χ1) is 17.1. The summed E-state index contributed by atoms with van der Waals surface area (Å²) in [7, 11) is 1.50. The molecule has 2 aliphatic heterocycles. The van der Waals surface area contributed by atoms with Crippen molar-refractivity contribution in [2.24, 2.45) is 0 Å². The molecule has 0 N–H and O–H groups in total. The van der Waals surface area contributed by atoms with Crippen molar-refractivity contribution in [3.63, 3.8) is 0 Å². The average molecular weight is 550 g/mol. The molecule has 5 rings (SSSR count). The first-order valence-electron chi connectivity index (χ1n) is 11.0. The Kier molecular flexibility index (Phi) is 5.63. The van der Waals surface area contributed by atoms with Gasteiger partial charge in [-0.25, -0.2) is 0 Å². The molecule has 3 amide bonds. The van der Waals surface area contributed by atoms with Crippen molar-refractivity contribution >= 4 is 45.0 Å². The molecular weight excluding hydrogens is 530 g/mol. The molecule has 0 aromatic heterocycles. The van der Waals surface area contributed by atoms with Crippen LogP contribution in [0.15, 0.2) is 59.1 Å². The summed E-state index contributed by atoms with van der Waals surface area (Å²) in [6, 6.07) is 12.6. The molecule has 1 fully saturated rings. The van der Waals surface area contributed by atoms with E-state index < -0.39 is 34.7 Å².